The van der Waals surface area contributed by atoms with Crippen LogP contribution in [-0.2, 0) is 22.7 Å². The molecule has 3 aromatic carbocycles. The van der Waals surface area contributed by atoms with Crippen molar-refractivity contribution in [3.8, 4) is 11.8 Å². The van der Waals surface area contributed by atoms with Gasteiger partial charge < -0.3 is 14.5 Å². The molecule has 3 heterocycles. The number of piperidine rings is 2. The van der Waals surface area contributed by atoms with E-state index >= 15 is 8.78 Å². The van der Waals surface area contributed by atoms with Crippen LogP contribution in [0.1, 0.15) is 52.7 Å². The SMILES string of the molecule is N#Cc1ccc(N2CCC(Sc3c(F)cc(COc4cccc5c4CN(C4CCC(=O)NC4=O)C5=O)cc3F)CC2)c(F)c1. The molecule has 6 rings (SSSR count). The van der Waals surface area contributed by atoms with Gasteiger partial charge >= 0.3 is 0 Å². The van der Waals surface area contributed by atoms with Crippen LogP contribution in [0.2, 0.25) is 0 Å². The second-order valence-corrected chi connectivity index (χ2v) is 12.3. The fraction of sp³-hybridized carbons (Fsp3) is 0.312. The standard InChI is InChI=1S/C32H27F3N4O4S/c33-23-12-18(15-36)4-5-26(23)38-10-8-20(9-11-38)44-30-24(34)13-19(14-25(30)35)17-43-28-3-1-2-21-22(28)16-39(32(21)42)27-6-7-29(40)37-31(27)41/h1-5,12-14,20,27H,6-11,16-17H2,(H,37,40,41). The summed E-state index contributed by atoms with van der Waals surface area (Å²) in [6.45, 7) is 1.00. The van der Waals surface area contributed by atoms with Gasteiger partial charge in [-0.2, -0.15) is 5.26 Å². The number of benzene rings is 3. The average Bonchev–Trinajstić information content (AvgIpc) is 3.34. The molecule has 0 bridgehead atoms. The third-order valence-corrected chi connectivity index (χ3v) is 9.57. The molecule has 0 aliphatic carbocycles. The molecule has 2 saturated heterocycles. The van der Waals surface area contributed by atoms with Crippen molar-refractivity contribution < 1.29 is 32.3 Å². The zero-order valence-corrected chi connectivity index (χ0v) is 24.3. The van der Waals surface area contributed by atoms with E-state index in [9.17, 15) is 18.8 Å². The first-order chi connectivity index (χ1) is 21.2. The van der Waals surface area contributed by atoms with Crippen molar-refractivity contribution in [1.29, 1.82) is 5.26 Å². The number of hydrogen-bond donors (Lipinski definition) is 1. The molecule has 0 aromatic heterocycles. The lowest BCUT2D eigenvalue weighted by Gasteiger charge is -2.33. The van der Waals surface area contributed by atoms with Crippen LogP contribution in [0.15, 0.2) is 53.4 Å². The maximum atomic E-state index is 15.1. The topological polar surface area (TPSA) is 103 Å². The maximum Gasteiger partial charge on any atom is 0.255 e. The molecule has 226 valence electrons. The first-order valence-corrected chi connectivity index (χ1v) is 15.1. The Labute approximate surface area is 255 Å². The van der Waals surface area contributed by atoms with Crippen LogP contribution in [0.3, 0.4) is 0 Å². The number of nitrogens with one attached hydrogen (secondary N) is 1. The van der Waals surface area contributed by atoms with E-state index in [4.69, 9.17) is 10.00 Å². The van der Waals surface area contributed by atoms with Crippen LogP contribution in [-0.4, -0.2) is 47.0 Å². The van der Waals surface area contributed by atoms with Crippen molar-refractivity contribution in [2.45, 2.75) is 55.0 Å². The third kappa shape index (κ3) is 5.84. The molecule has 0 saturated carbocycles. The molecule has 3 amide bonds. The molecular formula is C32H27F3N4O4S. The van der Waals surface area contributed by atoms with Crippen molar-refractivity contribution in [2.75, 3.05) is 18.0 Å². The number of rotatable bonds is 7. The summed E-state index contributed by atoms with van der Waals surface area (Å²) in [5.41, 5.74) is 1.88. The van der Waals surface area contributed by atoms with Crippen LogP contribution in [0, 0.1) is 28.8 Å². The Morgan fingerprint density at radius 1 is 0.977 bits per heavy atom. The van der Waals surface area contributed by atoms with E-state index in [-0.39, 0.29) is 59.1 Å². The summed E-state index contributed by atoms with van der Waals surface area (Å²) < 4.78 is 50.6. The third-order valence-electron chi connectivity index (χ3n) is 8.14. The zero-order valence-electron chi connectivity index (χ0n) is 23.4. The summed E-state index contributed by atoms with van der Waals surface area (Å²) >= 11 is 1.13. The van der Waals surface area contributed by atoms with Gasteiger partial charge in [0.2, 0.25) is 11.8 Å². The Balaban J connectivity index is 1.08. The van der Waals surface area contributed by atoms with E-state index in [1.807, 2.05) is 11.0 Å². The van der Waals surface area contributed by atoms with Crippen LogP contribution in [0.25, 0.3) is 0 Å². The number of fused-ring (bicyclic) bond motifs is 1. The van der Waals surface area contributed by atoms with E-state index in [0.29, 0.717) is 48.5 Å². The number of hydrogen-bond acceptors (Lipinski definition) is 7. The van der Waals surface area contributed by atoms with Crippen molar-refractivity contribution in [1.82, 2.24) is 10.2 Å². The highest BCUT2D eigenvalue weighted by Gasteiger charge is 2.40. The Kier molecular flexibility index (Phi) is 8.23. The zero-order chi connectivity index (χ0) is 31.0. The van der Waals surface area contributed by atoms with Crippen molar-refractivity contribution >= 4 is 35.2 Å². The number of ether oxygens (including phenoxy) is 1. The number of anilines is 1. The van der Waals surface area contributed by atoms with Gasteiger partial charge in [0.1, 0.15) is 35.8 Å². The second-order valence-electron chi connectivity index (χ2n) is 10.9. The van der Waals surface area contributed by atoms with Gasteiger partial charge in [-0.05, 0) is 67.3 Å². The van der Waals surface area contributed by atoms with E-state index in [1.165, 1.54) is 23.1 Å². The number of thioether (sulfide) groups is 1. The molecule has 12 heteroatoms. The highest BCUT2D eigenvalue weighted by atomic mass is 32.2. The van der Waals surface area contributed by atoms with Crippen molar-refractivity contribution in [3.05, 3.63) is 88.2 Å². The van der Waals surface area contributed by atoms with Gasteiger partial charge in [0.15, 0.2) is 0 Å². The summed E-state index contributed by atoms with van der Waals surface area (Å²) in [7, 11) is 0. The largest absolute Gasteiger partial charge is 0.489 e. The van der Waals surface area contributed by atoms with Gasteiger partial charge in [0.25, 0.3) is 5.91 Å². The minimum atomic E-state index is -0.766. The van der Waals surface area contributed by atoms with Crippen LogP contribution in [0.5, 0.6) is 5.75 Å². The van der Waals surface area contributed by atoms with Gasteiger partial charge in [-0.15, -0.1) is 11.8 Å². The highest BCUT2D eigenvalue weighted by Crippen LogP contribution is 2.37. The summed E-state index contributed by atoms with van der Waals surface area (Å²) in [6.07, 6.45) is 1.57. The molecule has 0 radical (unpaired) electrons. The molecule has 3 aliphatic heterocycles. The summed E-state index contributed by atoms with van der Waals surface area (Å²) in [6, 6.07) is 12.9. The summed E-state index contributed by atoms with van der Waals surface area (Å²) in [4.78, 5) is 40.1. The number of nitrogens with zero attached hydrogens (tertiary/aromatic N) is 3. The van der Waals surface area contributed by atoms with Gasteiger partial charge in [-0.3, -0.25) is 19.7 Å². The van der Waals surface area contributed by atoms with Gasteiger partial charge in [0, 0.05) is 35.9 Å². The Hall–Kier alpha value is -4.50. The molecular weight excluding hydrogens is 593 g/mol. The first-order valence-electron chi connectivity index (χ1n) is 14.2. The second kappa shape index (κ2) is 12.2. The minimum absolute atomic E-state index is 0.0597. The van der Waals surface area contributed by atoms with Crippen LogP contribution in [0.4, 0.5) is 18.9 Å². The van der Waals surface area contributed by atoms with E-state index < -0.39 is 29.4 Å². The lowest BCUT2D eigenvalue weighted by atomic mass is 10.0. The first kappa shape index (κ1) is 29.6. The molecule has 0 spiro atoms. The summed E-state index contributed by atoms with van der Waals surface area (Å²) in [5.74, 6) is -2.73. The number of carbonyl (C=O) groups excluding carboxylic acids is 3. The van der Waals surface area contributed by atoms with Gasteiger partial charge in [0.05, 0.1) is 28.8 Å². The van der Waals surface area contributed by atoms with E-state index in [0.717, 1.165) is 11.8 Å². The smallest absolute Gasteiger partial charge is 0.255 e. The normalized spacial score (nSPS) is 18.7. The number of amides is 3. The number of carbonyl (C=O) groups is 3. The fourth-order valence-electron chi connectivity index (χ4n) is 5.88. The van der Waals surface area contributed by atoms with E-state index in [2.05, 4.69) is 5.32 Å². The molecule has 3 aromatic rings. The fourth-order valence-corrected chi connectivity index (χ4v) is 7.00. The Morgan fingerprint density at radius 2 is 1.73 bits per heavy atom. The monoisotopic (exact) mass is 620 g/mol. The number of halogens is 3. The lowest BCUT2D eigenvalue weighted by molar-refractivity contribution is -0.136. The van der Waals surface area contributed by atoms with Crippen molar-refractivity contribution in [3.63, 3.8) is 0 Å². The van der Waals surface area contributed by atoms with Gasteiger partial charge in [-0.1, -0.05) is 6.07 Å². The van der Waals surface area contributed by atoms with Crippen LogP contribution < -0.4 is 15.0 Å². The average molecular weight is 621 g/mol. The predicted molar refractivity (Wildman–Crippen MR) is 155 cm³/mol. The van der Waals surface area contributed by atoms with Crippen molar-refractivity contribution in [2.24, 2.45) is 0 Å². The predicted octanol–water partition coefficient (Wildman–Crippen LogP) is 5.08. The lowest BCUT2D eigenvalue weighted by Crippen LogP contribution is -2.52. The van der Waals surface area contributed by atoms with Crippen LogP contribution >= 0.6 is 11.8 Å². The number of nitriles is 1. The molecule has 1 N–H and O–H groups in total. The quantitative estimate of drug-likeness (QED) is 0.368. The highest BCUT2D eigenvalue weighted by molar-refractivity contribution is 8.00. The summed E-state index contributed by atoms with van der Waals surface area (Å²) in [5, 5.41) is 11.2. The minimum Gasteiger partial charge on any atom is -0.489 e. The molecule has 3 aliphatic rings. The molecule has 1 unspecified atom stereocenters. The van der Waals surface area contributed by atoms with E-state index in [1.54, 1.807) is 30.3 Å². The molecule has 2 fully saturated rings. The molecule has 1 atom stereocenters. The molecule has 44 heavy (non-hydrogen) atoms. The molecule has 8 nitrogen and oxygen atoms in total. The van der Waals surface area contributed by atoms with Gasteiger partial charge in [-0.25, -0.2) is 13.2 Å². The Bertz CT molecular complexity index is 1680. The Morgan fingerprint density at radius 3 is 2.41 bits per heavy atom. The number of imide groups is 1. The maximum absolute atomic E-state index is 15.1.